The number of halogens is 1. The number of nitrogens with zero attached hydrogens (tertiary/aromatic N) is 1. The van der Waals surface area contributed by atoms with Crippen LogP contribution in [0.15, 0.2) is 12.1 Å². The number of phenols is 1. The SMILES string of the molecule is COc1cc(C(O)C(O)C#N)cc(I)c1O. The first-order valence-electron chi connectivity index (χ1n) is 4.33. The third kappa shape index (κ3) is 2.55. The molecule has 0 aromatic heterocycles. The Labute approximate surface area is 106 Å². The summed E-state index contributed by atoms with van der Waals surface area (Å²) in [5.41, 5.74) is 0.313. The molecule has 0 spiro atoms. The second-order valence-corrected chi connectivity index (χ2v) is 4.23. The van der Waals surface area contributed by atoms with E-state index < -0.39 is 12.2 Å². The minimum atomic E-state index is -1.51. The van der Waals surface area contributed by atoms with Crippen molar-refractivity contribution in [3.05, 3.63) is 21.3 Å². The third-order valence-electron chi connectivity index (χ3n) is 2.04. The second kappa shape index (κ2) is 5.34. The lowest BCUT2D eigenvalue weighted by Crippen LogP contribution is -2.15. The van der Waals surface area contributed by atoms with E-state index >= 15 is 0 Å². The van der Waals surface area contributed by atoms with Crippen molar-refractivity contribution in [2.75, 3.05) is 7.11 Å². The molecule has 0 aliphatic carbocycles. The first kappa shape index (κ1) is 13.0. The lowest BCUT2D eigenvalue weighted by molar-refractivity contribution is 0.0525. The van der Waals surface area contributed by atoms with Crippen LogP contribution in [0.2, 0.25) is 0 Å². The van der Waals surface area contributed by atoms with Gasteiger partial charge in [0.25, 0.3) is 0 Å². The summed E-state index contributed by atoms with van der Waals surface area (Å²) in [5.74, 6) is 0.150. The van der Waals surface area contributed by atoms with Crippen molar-refractivity contribution in [3.63, 3.8) is 0 Å². The zero-order valence-corrected chi connectivity index (χ0v) is 10.5. The predicted octanol–water partition coefficient (Wildman–Crippen LogP) is 0.923. The molecule has 3 N–H and O–H groups in total. The normalized spacial score (nSPS) is 13.9. The standard InChI is InChI=1S/C10H10INO4/c1-16-8-3-5(2-6(11)10(8)15)9(14)7(13)4-12/h2-3,7,9,13-15H,1H3. The van der Waals surface area contributed by atoms with Crippen LogP contribution in [0.25, 0.3) is 0 Å². The van der Waals surface area contributed by atoms with E-state index in [4.69, 9.17) is 10.00 Å². The van der Waals surface area contributed by atoms with Crippen molar-refractivity contribution in [2.45, 2.75) is 12.2 Å². The average Bonchev–Trinajstić information content (AvgIpc) is 2.30. The van der Waals surface area contributed by atoms with Crippen LogP contribution in [0, 0.1) is 14.9 Å². The lowest BCUT2D eigenvalue weighted by atomic mass is 10.0. The number of aromatic hydroxyl groups is 1. The zero-order valence-electron chi connectivity index (χ0n) is 8.38. The molecule has 1 rings (SSSR count). The fraction of sp³-hybridized carbons (Fsp3) is 0.300. The molecule has 16 heavy (non-hydrogen) atoms. The Morgan fingerprint density at radius 3 is 2.56 bits per heavy atom. The number of aliphatic hydroxyl groups is 2. The van der Waals surface area contributed by atoms with E-state index in [2.05, 4.69) is 0 Å². The molecule has 0 aliphatic rings. The smallest absolute Gasteiger partial charge is 0.171 e. The molecule has 0 saturated carbocycles. The molecule has 0 bridgehead atoms. The van der Waals surface area contributed by atoms with E-state index in [0.717, 1.165) is 0 Å². The Balaban J connectivity index is 3.17. The van der Waals surface area contributed by atoms with Gasteiger partial charge < -0.3 is 20.1 Å². The predicted molar refractivity (Wildman–Crippen MR) is 64.0 cm³/mol. The van der Waals surface area contributed by atoms with Gasteiger partial charge in [0.15, 0.2) is 17.6 Å². The van der Waals surface area contributed by atoms with Gasteiger partial charge in [0, 0.05) is 0 Å². The molecule has 0 aliphatic heterocycles. The van der Waals surface area contributed by atoms with Gasteiger partial charge in [0.2, 0.25) is 0 Å². The van der Waals surface area contributed by atoms with Gasteiger partial charge >= 0.3 is 0 Å². The maximum Gasteiger partial charge on any atom is 0.171 e. The van der Waals surface area contributed by atoms with Gasteiger partial charge in [-0.3, -0.25) is 0 Å². The summed E-state index contributed by atoms with van der Waals surface area (Å²) in [6.07, 6.45) is -2.84. The fourth-order valence-electron chi connectivity index (χ4n) is 1.17. The summed E-state index contributed by atoms with van der Waals surface area (Å²) in [6, 6.07) is 4.39. The summed E-state index contributed by atoms with van der Waals surface area (Å²) in [4.78, 5) is 0. The summed E-state index contributed by atoms with van der Waals surface area (Å²) in [6.45, 7) is 0. The molecule has 0 heterocycles. The van der Waals surface area contributed by atoms with Gasteiger partial charge in [-0.2, -0.15) is 5.26 Å². The number of benzene rings is 1. The molecule has 0 amide bonds. The highest BCUT2D eigenvalue weighted by Crippen LogP contribution is 2.34. The van der Waals surface area contributed by atoms with E-state index in [1.54, 1.807) is 0 Å². The second-order valence-electron chi connectivity index (χ2n) is 3.07. The Hall–Kier alpha value is -1.04. The maximum absolute atomic E-state index is 9.61. The molecule has 1 aromatic carbocycles. The number of methoxy groups -OCH3 is 1. The van der Waals surface area contributed by atoms with Crippen molar-refractivity contribution in [3.8, 4) is 17.6 Å². The van der Waals surface area contributed by atoms with Crippen molar-refractivity contribution >= 4 is 22.6 Å². The number of phenolic OH excluding ortho intramolecular Hbond substituents is 1. The Morgan fingerprint density at radius 2 is 2.06 bits per heavy atom. The molecule has 5 nitrogen and oxygen atoms in total. The molecule has 6 heteroatoms. The minimum Gasteiger partial charge on any atom is -0.504 e. The fourth-order valence-corrected chi connectivity index (χ4v) is 1.80. The Kier molecular flexibility index (Phi) is 4.35. The lowest BCUT2D eigenvalue weighted by Gasteiger charge is -2.14. The molecule has 0 fully saturated rings. The van der Waals surface area contributed by atoms with Gasteiger partial charge in [-0.1, -0.05) is 0 Å². The minimum absolute atomic E-state index is 0.0366. The highest BCUT2D eigenvalue weighted by Gasteiger charge is 2.20. The van der Waals surface area contributed by atoms with Crippen molar-refractivity contribution in [2.24, 2.45) is 0 Å². The molecule has 0 radical (unpaired) electrons. The number of ether oxygens (including phenoxy) is 1. The molecule has 1 aromatic rings. The van der Waals surface area contributed by atoms with Gasteiger partial charge in [-0.15, -0.1) is 0 Å². The van der Waals surface area contributed by atoms with Crippen molar-refractivity contribution in [1.82, 2.24) is 0 Å². The highest BCUT2D eigenvalue weighted by atomic mass is 127. The highest BCUT2D eigenvalue weighted by molar-refractivity contribution is 14.1. The summed E-state index contributed by atoms with van der Waals surface area (Å²) in [7, 11) is 1.38. The Morgan fingerprint density at radius 1 is 1.44 bits per heavy atom. The van der Waals surface area contributed by atoms with E-state index in [0.29, 0.717) is 9.13 Å². The average molecular weight is 335 g/mol. The molecular weight excluding hydrogens is 325 g/mol. The van der Waals surface area contributed by atoms with E-state index in [1.807, 2.05) is 22.6 Å². The van der Waals surface area contributed by atoms with E-state index in [9.17, 15) is 15.3 Å². The van der Waals surface area contributed by atoms with E-state index in [1.165, 1.54) is 25.3 Å². The quantitative estimate of drug-likeness (QED) is 0.564. The van der Waals surface area contributed by atoms with Crippen LogP contribution in [-0.2, 0) is 0 Å². The molecule has 0 saturated heterocycles. The third-order valence-corrected chi connectivity index (χ3v) is 2.87. The monoisotopic (exact) mass is 335 g/mol. The van der Waals surface area contributed by atoms with Gasteiger partial charge in [0.1, 0.15) is 6.10 Å². The number of hydrogen-bond acceptors (Lipinski definition) is 5. The molecule has 2 unspecified atom stereocenters. The molecule has 86 valence electrons. The van der Waals surface area contributed by atoms with Crippen LogP contribution < -0.4 is 4.74 Å². The molecular formula is C10H10INO4. The maximum atomic E-state index is 9.61. The van der Waals surface area contributed by atoms with Crippen molar-refractivity contribution in [1.29, 1.82) is 5.26 Å². The van der Waals surface area contributed by atoms with Gasteiger partial charge in [-0.25, -0.2) is 0 Å². The van der Waals surface area contributed by atoms with Crippen LogP contribution in [-0.4, -0.2) is 28.5 Å². The number of rotatable bonds is 3. The van der Waals surface area contributed by atoms with Crippen LogP contribution in [0.4, 0.5) is 0 Å². The number of nitriles is 1. The summed E-state index contributed by atoms with van der Waals surface area (Å²) >= 11 is 1.86. The van der Waals surface area contributed by atoms with Crippen LogP contribution in [0.5, 0.6) is 11.5 Å². The first-order valence-corrected chi connectivity index (χ1v) is 5.41. The largest absolute Gasteiger partial charge is 0.504 e. The van der Waals surface area contributed by atoms with Crippen molar-refractivity contribution < 1.29 is 20.1 Å². The summed E-state index contributed by atoms with van der Waals surface area (Å²) in [5, 5.41) is 36.8. The Bertz CT molecular complexity index is 430. The van der Waals surface area contributed by atoms with Crippen LogP contribution >= 0.6 is 22.6 Å². The molecule has 2 atom stereocenters. The number of aliphatic hydroxyl groups excluding tert-OH is 2. The first-order chi connectivity index (χ1) is 7.51. The van der Waals surface area contributed by atoms with Crippen LogP contribution in [0.3, 0.4) is 0 Å². The zero-order chi connectivity index (χ0) is 12.3. The topological polar surface area (TPSA) is 93.7 Å². The number of hydrogen-bond donors (Lipinski definition) is 3. The van der Waals surface area contributed by atoms with Gasteiger partial charge in [0.05, 0.1) is 16.7 Å². The summed E-state index contributed by atoms with van der Waals surface area (Å²) < 4.78 is 5.37. The van der Waals surface area contributed by atoms with Gasteiger partial charge in [-0.05, 0) is 40.3 Å². The van der Waals surface area contributed by atoms with E-state index in [-0.39, 0.29) is 11.5 Å². The van der Waals surface area contributed by atoms with Crippen LogP contribution in [0.1, 0.15) is 11.7 Å².